The monoisotopic (exact) mass is 179 g/mol. The zero-order chi connectivity index (χ0) is 9.26. The number of aromatic nitrogens is 2. The summed E-state index contributed by atoms with van der Waals surface area (Å²) >= 11 is 0. The zero-order valence-corrected chi connectivity index (χ0v) is 7.79. The summed E-state index contributed by atoms with van der Waals surface area (Å²) in [6.07, 6.45) is 2.24. The van der Waals surface area contributed by atoms with Crippen molar-refractivity contribution in [3.63, 3.8) is 0 Å². The van der Waals surface area contributed by atoms with Crippen LogP contribution in [0.2, 0.25) is 0 Å². The maximum atomic E-state index is 5.33. The van der Waals surface area contributed by atoms with Crippen LogP contribution in [0.5, 0.6) is 0 Å². The van der Waals surface area contributed by atoms with Crippen LogP contribution in [0, 0.1) is 6.92 Å². The molecule has 0 spiro atoms. The molecule has 1 aromatic heterocycles. The Bertz CT molecular complexity index is 318. The van der Waals surface area contributed by atoms with E-state index < -0.39 is 0 Å². The van der Waals surface area contributed by atoms with Crippen LogP contribution in [-0.4, -0.2) is 23.3 Å². The molecular formula is C9H13N3O. The normalized spacial score (nSPS) is 17.9. The van der Waals surface area contributed by atoms with E-state index in [2.05, 4.69) is 21.7 Å². The molecule has 4 heteroatoms. The molecule has 2 rings (SSSR count). The molecule has 0 N–H and O–H groups in total. The van der Waals surface area contributed by atoms with Crippen molar-refractivity contribution in [3.05, 3.63) is 18.0 Å². The highest BCUT2D eigenvalue weighted by atomic mass is 16.4. The van der Waals surface area contributed by atoms with Gasteiger partial charge in [0.1, 0.15) is 0 Å². The minimum Gasteiger partial charge on any atom is -0.408 e. The molecule has 1 saturated heterocycles. The first-order valence-corrected chi connectivity index (χ1v) is 4.47. The van der Waals surface area contributed by atoms with Gasteiger partial charge in [0, 0.05) is 20.0 Å². The summed E-state index contributed by atoms with van der Waals surface area (Å²) < 4.78 is 5.33. The number of hydrogen-bond donors (Lipinski definition) is 0. The van der Waals surface area contributed by atoms with Crippen LogP contribution in [0.15, 0.2) is 16.6 Å². The second-order valence-electron chi connectivity index (χ2n) is 3.38. The van der Waals surface area contributed by atoms with Crippen LogP contribution < -0.4 is 4.90 Å². The quantitative estimate of drug-likeness (QED) is 0.613. The highest BCUT2D eigenvalue weighted by Gasteiger charge is 2.17. The van der Waals surface area contributed by atoms with Gasteiger partial charge in [-0.15, -0.1) is 5.10 Å². The Balaban J connectivity index is 2.12. The molecule has 0 aliphatic carbocycles. The fraction of sp³-hybridized carbons (Fsp3) is 0.556. The second kappa shape index (κ2) is 3.20. The number of anilines is 1. The average Bonchev–Trinajstić information content (AvgIpc) is 2.52. The fourth-order valence-electron chi connectivity index (χ4n) is 1.53. The Morgan fingerprint density at radius 2 is 2.31 bits per heavy atom. The molecule has 0 atom stereocenters. The van der Waals surface area contributed by atoms with E-state index in [4.69, 9.17) is 4.42 Å². The van der Waals surface area contributed by atoms with E-state index in [9.17, 15) is 0 Å². The Labute approximate surface area is 77.3 Å². The Morgan fingerprint density at radius 3 is 2.92 bits per heavy atom. The Kier molecular flexibility index (Phi) is 2.04. The van der Waals surface area contributed by atoms with Gasteiger partial charge in [-0.3, -0.25) is 0 Å². The van der Waals surface area contributed by atoms with Gasteiger partial charge in [0.25, 0.3) is 0 Å². The molecule has 2 heterocycles. The first kappa shape index (κ1) is 8.29. The van der Waals surface area contributed by atoms with E-state index >= 15 is 0 Å². The number of piperidine rings is 1. The lowest BCUT2D eigenvalue weighted by Crippen LogP contribution is -2.30. The Morgan fingerprint density at radius 1 is 1.46 bits per heavy atom. The summed E-state index contributed by atoms with van der Waals surface area (Å²) in [6.45, 7) is 7.60. The number of hydrogen-bond acceptors (Lipinski definition) is 4. The van der Waals surface area contributed by atoms with E-state index in [-0.39, 0.29) is 0 Å². The predicted octanol–water partition coefficient (Wildman–Crippen LogP) is 1.53. The molecule has 13 heavy (non-hydrogen) atoms. The van der Waals surface area contributed by atoms with Gasteiger partial charge in [-0.1, -0.05) is 17.3 Å². The van der Waals surface area contributed by atoms with Gasteiger partial charge in [-0.2, -0.15) is 0 Å². The third-order valence-electron chi connectivity index (χ3n) is 2.16. The highest BCUT2D eigenvalue weighted by Crippen LogP contribution is 2.19. The van der Waals surface area contributed by atoms with Crippen molar-refractivity contribution in [2.24, 2.45) is 0 Å². The maximum absolute atomic E-state index is 5.33. The standard InChI is InChI=1S/C9H13N3O/c1-7-4-3-5-12(6-7)9-11-10-8(2)13-9/h1,3-6H2,2H3. The fourth-order valence-corrected chi connectivity index (χ4v) is 1.53. The molecule has 0 aromatic carbocycles. The lowest BCUT2D eigenvalue weighted by atomic mass is 10.1. The zero-order valence-electron chi connectivity index (χ0n) is 7.79. The molecule has 4 nitrogen and oxygen atoms in total. The smallest absolute Gasteiger partial charge is 0.318 e. The van der Waals surface area contributed by atoms with Gasteiger partial charge in [0.2, 0.25) is 5.89 Å². The minimum absolute atomic E-state index is 0.617. The van der Waals surface area contributed by atoms with Gasteiger partial charge in [-0.05, 0) is 12.8 Å². The van der Waals surface area contributed by atoms with Gasteiger partial charge < -0.3 is 9.32 Å². The summed E-state index contributed by atoms with van der Waals surface area (Å²) in [6, 6.07) is 0.623. The SMILES string of the molecule is C=C1CCCN(c2nnc(C)o2)C1. The van der Waals surface area contributed by atoms with Crippen LogP contribution in [0.1, 0.15) is 18.7 Å². The summed E-state index contributed by atoms with van der Waals surface area (Å²) in [5, 5.41) is 7.77. The van der Waals surface area contributed by atoms with Crippen LogP contribution in [0.25, 0.3) is 0 Å². The average molecular weight is 179 g/mol. The largest absolute Gasteiger partial charge is 0.408 e. The van der Waals surface area contributed by atoms with Crippen LogP contribution in [0.4, 0.5) is 6.01 Å². The van der Waals surface area contributed by atoms with Crippen molar-refractivity contribution in [1.29, 1.82) is 0 Å². The third-order valence-corrected chi connectivity index (χ3v) is 2.16. The van der Waals surface area contributed by atoms with E-state index in [1.807, 2.05) is 0 Å². The van der Waals surface area contributed by atoms with Crippen LogP contribution in [0.3, 0.4) is 0 Å². The molecule has 0 unspecified atom stereocenters. The van der Waals surface area contributed by atoms with Crippen molar-refractivity contribution >= 4 is 6.01 Å². The van der Waals surface area contributed by atoms with E-state index in [0.29, 0.717) is 11.9 Å². The van der Waals surface area contributed by atoms with Crippen molar-refractivity contribution in [2.75, 3.05) is 18.0 Å². The van der Waals surface area contributed by atoms with Crippen molar-refractivity contribution in [2.45, 2.75) is 19.8 Å². The van der Waals surface area contributed by atoms with Crippen molar-refractivity contribution in [3.8, 4) is 0 Å². The number of nitrogens with zero attached hydrogens (tertiary/aromatic N) is 3. The summed E-state index contributed by atoms with van der Waals surface area (Å²) in [7, 11) is 0. The van der Waals surface area contributed by atoms with E-state index in [0.717, 1.165) is 25.9 Å². The molecule has 1 aromatic rings. The molecule has 0 amide bonds. The third kappa shape index (κ3) is 1.71. The molecule has 70 valence electrons. The minimum atomic E-state index is 0.617. The molecule has 0 bridgehead atoms. The lowest BCUT2D eigenvalue weighted by molar-refractivity contribution is 0.495. The molecule has 1 fully saturated rings. The van der Waals surface area contributed by atoms with Crippen molar-refractivity contribution < 1.29 is 4.42 Å². The molecule has 1 aliphatic rings. The molecular weight excluding hydrogens is 166 g/mol. The Hall–Kier alpha value is -1.32. The molecule has 0 saturated carbocycles. The molecule has 1 aliphatic heterocycles. The van der Waals surface area contributed by atoms with Gasteiger partial charge in [-0.25, -0.2) is 0 Å². The van der Waals surface area contributed by atoms with Crippen LogP contribution >= 0.6 is 0 Å². The molecule has 0 radical (unpaired) electrons. The van der Waals surface area contributed by atoms with E-state index in [1.165, 1.54) is 5.57 Å². The number of rotatable bonds is 1. The van der Waals surface area contributed by atoms with Crippen LogP contribution in [-0.2, 0) is 0 Å². The first-order valence-electron chi connectivity index (χ1n) is 4.47. The topological polar surface area (TPSA) is 42.2 Å². The number of aryl methyl sites for hydroxylation is 1. The van der Waals surface area contributed by atoms with E-state index in [1.54, 1.807) is 6.92 Å². The van der Waals surface area contributed by atoms with Crippen molar-refractivity contribution in [1.82, 2.24) is 10.2 Å². The first-order chi connectivity index (χ1) is 6.25. The highest BCUT2D eigenvalue weighted by molar-refractivity contribution is 5.29. The maximum Gasteiger partial charge on any atom is 0.318 e. The van der Waals surface area contributed by atoms with Gasteiger partial charge in [0.05, 0.1) is 0 Å². The van der Waals surface area contributed by atoms with Gasteiger partial charge in [0.15, 0.2) is 0 Å². The second-order valence-corrected chi connectivity index (χ2v) is 3.38. The predicted molar refractivity (Wildman–Crippen MR) is 49.6 cm³/mol. The summed E-state index contributed by atoms with van der Waals surface area (Å²) in [4.78, 5) is 2.08. The van der Waals surface area contributed by atoms with Gasteiger partial charge >= 0.3 is 6.01 Å². The summed E-state index contributed by atoms with van der Waals surface area (Å²) in [5.74, 6) is 0.617. The lowest BCUT2D eigenvalue weighted by Gasteiger charge is -2.25. The summed E-state index contributed by atoms with van der Waals surface area (Å²) in [5.41, 5.74) is 1.24.